The van der Waals surface area contributed by atoms with Gasteiger partial charge in [0.15, 0.2) is 0 Å². The lowest BCUT2D eigenvalue weighted by Gasteiger charge is -2.11. The van der Waals surface area contributed by atoms with Crippen LogP contribution >= 0.6 is 11.6 Å². The van der Waals surface area contributed by atoms with Crippen molar-refractivity contribution in [1.82, 2.24) is 0 Å². The molecule has 0 bridgehead atoms. The van der Waals surface area contributed by atoms with Gasteiger partial charge >= 0.3 is 0 Å². The maximum Gasteiger partial charge on any atom is 0.262 e. The Labute approximate surface area is 129 Å². The summed E-state index contributed by atoms with van der Waals surface area (Å²) in [6.45, 7) is 1.78. The molecule has 0 unspecified atom stereocenters. The van der Waals surface area contributed by atoms with Gasteiger partial charge in [-0.25, -0.2) is 8.42 Å². The molecule has 2 N–H and O–H groups in total. The summed E-state index contributed by atoms with van der Waals surface area (Å²) in [6.07, 6.45) is 0.542. The average molecular weight is 326 g/mol. The number of sulfonamides is 1. The molecule has 4 nitrogen and oxygen atoms in total. The molecule has 0 aliphatic rings. The van der Waals surface area contributed by atoms with E-state index in [9.17, 15) is 8.42 Å². The molecule has 2 aromatic carbocycles. The van der Waals surface area contributed by atoms with Crippen LogP contribution < -0.4 is 4.72 Å². The third kappa shape index (κ3) is 3.97. The van der Waals surface area contributed by atoms with Crippen molar-refractivity contribution in [2.45, 2.75) is 18.2 Å². The number of hydrogen-bond donors (Lipinski definition) is 2. The van der Waals surface area contributed by atoms with E-state index >= 15 is 0 Å². The summed E-state index contributed by atoms with van der Waals surface area (Å²) in [7, 11) is -3.68. The highest BCUT2D eigenvalue weighted by atomic mass is 35.5. The zero-order chi connectivity index (χ0) is 15.5. The quantitative estimate of drug-likeness (QED) is 0.888. The van der Waals surface area contributed by atoms with Crippen molar-refractivity contribution in [3.05, 3.63) is 58.6 Å². The Hall–Kier alpha value is -1.56. The Kier molecular flexibility index (Phi) is 4.88. The second-order valence-corrected chi connectivity index (χ2v) is 6.77. The van der Waals surface area contributed by atoms with Gasteiger partial charge in [0.2, 0.25) is 0 Å². The van der Waals surface area contributed by atoms with Crippen molar-refractivity contribution in [1.29, 1.82) is 0 Å². The van der Waals surface area contributed by atoms with Gasteiger partial charge in [-0.2, -0.15) is 0 Å². The van der Waals surface area contributed by atoms with E-state index in [2.05, 4.69) is 4.72 Å². The molecule has 6 heteroatoms. The maximum atomic E-state index is 12.4. The predicted octanol–water partition coefficient (Wildman–Crippen LogP) is 2.98. The zero-order valence-corrected chi connectivity index (χ0v) is 13.1. The molecule has 112 valence electrons. The molecule has 2 rings (SSSR count). The highest BCUT2D eigenvalue weighted by molar-refractivity contribution is 7.92. The zero-order valence-electron chi connectivity index (χ0n) is 11.5. The SMILES string of the molecule is Cc1ccc(Cl)cc1S(=O)(=O)Nc1ccc(CCO)cc1. The van der Waals surface area contributed by atoms with Crippen LogP contribution in [0, 0.1) is 6.92 Å². The number of nitrogens with one attached hydrogen (secondary N) is 1. The standard InChI is InChI=1S/C15H16ClNO3S/c1-11-2-5-13(16)10-15(11)21(19,20)17-14-6-3-12(4-7-14)8-9-18/h2-7,10,17-18H,8-9H2,1H3. The Balaban J connectivity index is 2.26. The number of rotatable bonds is 5. The first-order valence-corrected chi connectivity index (χ1v) is 8.27. The summed E-state index contributed by atoms with van der Waals surface area (Å²) in [4.78, 5) is 0.162. The molecule has 0 atom stereocenters. The van der Waals surface area contributed by atoms with Crippen molar-refractivity contribution < 1.29 is 13.5 Å². The van der Waals surface area contributed by atoms with Gasteiger partial charge in [0, 0.05) is 17.3 Å². The molecule has 0 spiro atoms. The van der Waals surface area contributed by atoms with Gasteiger partial charge < -0.3 is 5.11 Å². The molecular weight excluding hydrogens is 310 g/mol. The number of benzene rings is 2. The van der Waals surface area contributed by atoms with Crippen LogP contribution in [-0.4, -0.2) is 20.1 Å². The number of halogens is 1. The van der Waals surface area contributed by atoms with E-state index in [0.29, 0.717) is 22.7 Å². The molecule has 0 heterocycles. The van der Waals surface area contributed by atoms with E-state index in [-0.39, 0.29) is 11.5 Å². The molecule has 0 aliphatic carbocycles. The summed E-state index contributed by atoms with van der Waals surface area (Å²) < 4.78 is 27.3. The van der Waals surface area contributed by atoms with Crippen LogP contribution in [0.3, 0.4) is 0 Å². The van der Waals surface area contributed by atoms with Crippen LogP contribution in [0.5, 0.6) is 0 Å². The second-order valence-electron chi connectivity index (χ2n) is 4.69. The van der Waals surface area contributed by atoms with Gasteiger partial charge in [-0.15, -0.1) is 0 Å². The minimum absolute atomic E-state index is 0.0623. The summed E-state index contributed by atoms with van der Waals surface area (Å²) in [5.74, 6) is 0. The van der Waals surface area contributed by atoms with Crippen LogP contribution in [0.25, 0.3) is 0 Å². The minimum Gasteiger partial charge on any atom is -0.396 e. The lowest BCUT2D eigenvalue weighted by Crippen LogP contribution is -2.14. The Bertz CT molecular complexity index is 727. The average Bonchev–Trinajstić information content (AvgIpc) is 2.43. The molecule has 2 aromatic rings. The van der Waals surface area contributed by atoms with Crippen molar-refractivity contribution in [3.63, 3.8) is 0 Å². The number of aliphatic hydroxyl groups excluding tert-OH is 1. The van der Waals surface area contributed by atoms with Crippen LogP contribution in [0.1, 0.15) is 11.1 Å². The van der Waals surface area contributed by atoms with Gasteiger partial charge in [-0.05, 0) is 48.7 Å². The van der Waals surface area contributed by atoms with Gasteiger partial charge in [0.25, 0.3) is 10.0 Å². The highest BCUT2D eigenvalue weighted by Crippen LogP contribution is 2.23. The van der Waals surface area contributed by atoms with Crippen LogP contribution in [-0.2, 0) is 16.4 Å². The van der Waals surface area contributed by atoms with E-state index in [1.165, 1.54) is 6.07 Å². The van der Waals surface area contributed by atoms with E-state index < -0.39 is 10.0 Å². The lowest BCUT2D eigenvalue weighted by molar-refractivity contribution is 0.299. The molecule has 21 heavy (non-hydrogen) atoms. The largest absolute Gasteiger partial charge is 0.396 e. The third-order valence-electron chi connectivity index (χ3n) is 3.05. The molecule has 0 aliphatic heterocycles. The molecule has 0 saturated heterocycles. The van der Waals surface area contributed by atoms with Gasteiger partial charge in [-0.3, -0.25) is 4.72 Å². The number of aryl methyl sites for hydroxylation is 1. The first-order chi connectivity index (χ1) is 9.92. The molecular formula is C15H16ClNO3S. The Morgan fingerprint density at radius 2 is 1.81 bits per heavy atom. The summed E-state index contributed by atoms with van der Waals surface area (Å²) >= 11 is 5.87. The fourth-order valence-corrected chi connectivity index (χ4v) is 3.51. The van der Waals surface area contributed by atoms with E-state index in [4.69, 9.17) is 16.7 Å². The molecule has 0 amide bonds. The number of hydrogen-bond acceptors (Lipinski definition) is 3. The fraction of sp³-hybridized carbons (Fsp3) is 0.200. The van der Waals surface area contributed by atoms with E-state index in [0.717, 1.165) is 5.56 Å². The van der Waals surface area contributed by atoms with Gasteiger partial charge in [0.05, 0.1) is 4.90 Å². The topological polar surface area (TPSA) is 66.4 Å². The second kappa shape index (κ2) is 6.47. The van der Waals surface area contributed by atoms with E-state index in [1.807, 2.05) is 0 Å². The Morgan fingerprint density at radius 1 is 1.14 bits per heavy atom. The third-order valence-corrected chi connectivity index (χ3v) is 4.80. The first-order valence-electron chi connectivity index (χ1n) is 6.41. The van der Waals surface area contributed by atoms with Crippen LogP contribution in [0.15, 0.2) is 47.4 Å². The van der Waals surface area contributed by atoms with Crippen molar-refractivity contribution >= 4 is 27.3 Å². The van der Waals surface area contributed by atoms with Crippen LogP contribution in [0.2, 0.25) is 5.02 Å². The van der Waals surface area contributed by atoms with Crippen molar-refractivity contribution in [3.8, 4) is 0 Å². The molecule has 0 aromatic heterocycles. The fourth-order valence-electron chi connectivity index (χ4n) is 1.94. The Morgan fingerprint density at radius 3 is 2.43 bits per heavy atom. The number of anilines is 1. The normalized spacial score (nSPS) is 11.4. The lowest BCUT2D eigenvalue weighted by atomic mass is 10.1. The maximum absolute atomic E-state index is 12.4. The summed E-state index contributed by atoms with van der Waals surface area (Å²) in [5, 5.41) is 9.23. The van der Waals surface area contributed by atoms with Gasteiger partial charge in [-0.1, -0.05) is 29.8 Å². The molecule has 0 saturated carbocycles. The summed E-state index contributed by atoms with van der Waals surface area (Å²) in [6, 6.07) is 11.6. The van der Waals surface area contributed by atoms with Crippen molar-refractivity contribution in [2.24, 2.45) is 0 Å². The van der Waals surface area contributed by atoms with E-state index in [1.54, 1.807) is 43.3 Å². The van der Waals surface area contributed by atoms with Crippen LogP contribution in [0.4, 0.5) is 5.69 Å². The minimum atomic E-state index is -3.68. The number of aliphatic hydroxyl groups is 1. The predicted molar refractivity (Wildman–Crippen MR) is 84.2 cm³/mol. The first kappa shape index (κ1) is 15.8. The highest BCUT2D eigenvalue weighted by Gasteiger charge is 2.17. The smallest absolute Gasteiger partial charge is 0.262 e. The monoisotopic (exact) mass is 325 g/mol. The molecule has 0 radical (unpaired) electrons. The summed E-state index contributed by atoms with van der Waals surface area (Å²) in [5.41, 5.74) is 2.04. The van der Waals surface area contributed by atoms with Gasteiger partial charge in [0.1, 0.15) is 0 Å². The molecule has 0 fully saturated rings. The van der Waals surface area contributed by atoms with Crippen molar-refractivity contribution in [2.75, 3.05) is 11.3 Å².